The van der Waals surface area contributed by atoms with Crippen molar-refractivity contribution in [2.75, 3.05) is 13.2 Å². The van der Waals surface area contributed by atoms with Gasteiger partial charge in [0.2, 0.25) is 5.91 Å². The predicted octanol–water partition coefficient (Wildman–Crippen LogP) is 3.77. The summed E-state index contributed by atoms with van der Waals surface area (Å²) >= 11 is 0. The molecule has 1 atom stereocenters. The molecule has 0 radical (unpaired) electrons. The van der Waals surface area contributed by atoms with Gasteiger partial charge in [-0.2, -0.15) is 0 Å². The van der Waals surface area contributed by atoms with Gasteiger partial charge in [0, 0.05) is 30.2 Å². The average Bonchev–Trinajstić information content (AvgIpc) is 2.42. The van der Waals surface area contributed by atoms with Crippen molar-refractivity contribution < 1.29 is 18.3 Å². The Hall–Kier alpha value is -1.65. The van der Waals surface area contributed by atoms with Crippen LogP contribution in [0.2, 0.25) is 0 Å². The third-order valence-corrected chi connectivity index (χ3v) is 3.81. The van der Waals surface area contributed by atoms with E-state index in [0.717, 1.165) is 37.5 Å². The quantitative estimate of drug-likeness (QED) is 0.850. The van der Waals surface area contributed by atoms with Gasteiger partial charge in [0.1, 0.15) is 24.0 Å². The van der Waals surface area contributed by atoms with Crippen LogP contribution in [0.1, 0.15) is 40.0 Å². The fraction of sp³-hybridized carbons (Fsp3) is 0.588. The molecule has 0 spiro atoms. The Bertz CT molecular complexity index is 520. The summed E-state index contributed by atoms with van der Waals surface area (Å²) in [4.78, 5) is 14.3. The van der Waals surface area contributed by atoms with E-state index in [0.29, 0.717) is 6.54 Å². The zero-order chi connectivity index (χ0) is 16.3. The number of rotatable bonds is 3. The van der Waals surface area contributed by atoms with Crippen LogP contribution in [0.5, 0.6) is 5.75 Å². The van der Waals surface area contributed by atoms with Crippen molar-refractivity contribution in [1.82, 2.24) is 4.90 Å². The number of hydrogen-bond donors (Lipinski definition) is 0. The van der Waals surface area contributed by atoms with E-state index in [4.69, 9.17) is 4.74 Å². The predicted molar refractivity (Wildman–Crippen MR) is 80.7 cm³/mol. The van der Waals surface area contributed by atoms with Gasteiger partial charge in [-0.3, -0.25) is 4.79 Å². The molecule has 1 heterocycles. The molecule has 0 saturated carbocycles. The minimum atomic E-state index is -0.665. The molecule has 122 valence electrons. The maximum Gasteiger partial charge on any atom is 0.228 e. The fourth-order valence-corrected chi connectivity index (χ4v) is 2.68. The second kappa shape index (κ2) is 6.63. The summed E-state index contributed by atoms with van der Waals surface area (Å²) in [5.41, 5.74) is -0.444. The summed E-state index contributed by atoms with van der Waals surface area (Å²) < 4.78 is 31.9. The average molecular weight is 311 g/mol. The molecule has 0 bridgehead atoms. The van der Waals surface area contributed by atoms with Crippen LogP contribution >= 0.6 is 0 Å². The molecule has 1 aromatic carbocycles. The standard InChI is InChI=1S/C17H23F2NO2/c1-17(2,3)16(21)20-7-5-4-6-14(20)11-22-15-9-12(18)8-13(19)10-15/h8-10,14H,4-7,11H2,1-3H3. The van der Waals surface area contributed by atoms with Gasteiger partial charge >= 0.3 is 0 Å². The zero-order valence-corrected chi connectivity index (χ0v) is 13.4. The summed E-state index contributed by atoms with van der Waals surface area (Å²) in [6, 6.07) is 3.07. The largest absolute Gasteiger partial charge is 0.491 e. The number of piperidine rings is 1. The van der Waals surface area contributed by atoms with E-state index in [1.54, 1.807) is 0 Å². The van der Waals surface area contributed by atoms with Gasteiger partial charge in [0.05, 0.1) is 6.04 Å². The number of hydrogen-bond acceptors (Lipinski definition) is 2. The van der Waals surface area contributed by atoms with Crippen LogP contribution < -0.4 is 4.74 Å². The molecule has 1 aliphatic heterocycles. The lowest BCUT2D eigenvalue weighted by Gasteiger charge is -2.39. The van der Waals surface area contributed by atoms with E-state index in [1.807, 2.05) is 25.7 Å². The Kier molecular flexibility index (Phi) is 5.04. The van der Waals surface area contributed by atoms with Crippen molar-refractivity contribution in [3.63, 3.8) is 0 Å². The van der Waals surface area contributed by atoms with Crippen LogP contribution in [0.4, 0.5) is 8.78 Å². The molecule has 0 aromatic heterocycles. The highest BCUT2D eigenvalue weighted by atomic mass is 19.1. The van der Waals surface area contributed by atoms with Crippen molar-refractivity contribution >= 4 is 5.91 Å². The van der Waals surface area contributed by atoms with Gasteiger partial charge < -0.3 is 9.64 Å². The van der Waals surface area contributed by atoms with Crippen LogP contribution in [0.15, 0.2) is 18.2 Å². The highest BCUT2D eigenvalue weighted by Crippen LogP contribution is 2.25. The molecule has 1 unspecified atom stereocenters. The van der Waals surface area contributed by atoms with E-state index in [9.17, 15) is 13.6 Å². The van der Waals surface area contributed by atoms with E-state index < -0.39 is 17.0 Å². The zero-order valence-electron chi connectivity index (χ0n) is 13.4. The minimum Gasteiger partial charge on any atom is -0.491 e. The van der Waals surface area contributed by atoms with Crippen LogP contribution in [0, 0.1) is 17.0 Å². The first-order valence-corrected chi connectivity index (χ1v) is 7.67. The van der Waals surface area contributed by atoms with Gasteiger partial charge in [0.15, 0.2) is 0 Å². The first-order valence-electron chi connectivity index (χ1n) is 7.67. The van der Waals surface area contributed by atoms with Crippen LogP contribution in [0.25, 0.3) is 0 Å². The van der Waals surface area contributed by atoms with Gasteiger partial charge in [-0.1, -0.05) is 20.8 Å². The number of halogens is 2. The highest BCUT2D eigenvalue weighted by molar-refractivity contribution is 5.81. The monoisotopic (exact) mass is 311 g/mol. The minimum absolute atomic E-state index is 0.0493. The number of amides is 1. The lowest BCUT2D eigenvalue weighted by Crippen LogP contribution is -2.50. The molecular formula is C17H23F2NO2. The Morgan fingerprint density at radius 3 is 2.45 bits per heavy atom. The number of nitrogens with zero attached hydrogens (tertiary/aromatic N) is 1. The first kappa shape index (κ1) is 16.7. The Morgan fingerprint density at radius 1 is 1.23 bits per heavy atom. The maximum atomic E-state index is 13.2. The summed E-state index contributed by atoms with van der Waals surface area (Å²) in [6.45, 7) is 6.64. The molecule has 5 heteroatoms. The second-order valence-corrected chi connectivity index (χ2v) is 6.81. The fourth-order valence-electron chi connectivity index (χ4n) is 2.68. The second-order valence-electron chi connectivity index (χ2n) is 6.81. The normalized spacial score (nSPS) is 19.1. The van der Waals surface area contributed by atoms with Crippen molar-refractivity contribution in [1.29, 1.82) is 0 Å². The molecule has 1 amide bonds. The van der Waals surface area contributed by atoms with E-state index >= 15 is 0 Å². The summed E-state index contributed by atoms with van der Waals surface area (Å²) in [5.74, 6) is -1.08. The highest BCUT2D eigenvalue weighted by Gasteiger charge is 2.33. The molecule has 0 N–H and O–H groups in total. The summed E-state index contributed by atoms with van der Waals surface area (Å²) in [6.07, 6.45) is 2.85. The lowest BCUT2D eigenvalue weighted by atomic mass is 9.91. The molecular weight excluding hydrogens is 288 g/mol. The Labute approximate surface area is 130 Å². The number of benzene rings is 1. The van der Waals surface area contributed by atoms with Gasteiger partial charge in [-0.25, -0.2) is 8.78 Å². The molecule has 1 aliphatic rings. The van der Waals surface area contributed by atoms with E-state index in [2.05, 4.69) is 0 Å². The SMILES string of the molecule is CC(C)(C)C(=O)N1CCCCC1COc1cc(F)cc(F)c1. The number of carbonyl (C=O) groups is 1. The molecule has 3 nitrogen and oxygen atoms in total. The Morgan fingerprint density at radius 2 is 1.86 bits per heavy atom. The topological polar surface area (TPSA) is 29.5 Å². The molecule has 1 fully saturated rings. The van der Waals surface area contributed by atoms with Crippen molar-refractivity contribution in [3.8, 4) is 5.75 Å². The van der Waals surface area contributed by atoms with Crippen molar-refractivity contribution in [2.24, 2.45) is 5.41 Å². The number of carbonyl (C=O) groups excluding carboxylic acids is 1. The molecule has 22 heavy (non-hydrogen) atoms. The third-order valence-electron chi connectivity index (χ3n) is 3.81. The smallest absolute Gasteiger partial charge is 0.228 e. The molecule has 2 rings (SSSR count). The number of likely N-dealkylation sites (tertiary alicyclic amines) is 1. The Balaban J connectivity index is 2.04. The van der Waals surface area contributed by atoms with Crippen molar-refractivity contribution in [2.45, 2.75) is 46.1 Å². The van der Waals surface area contributed by atoms with Crippen LogP contribution in [0.3, 0.4) is 0 Å². The van der Waals surface area contributed by atoms with Gasteiger partial charge in [0.25, 0.3) is 0 Å². The third kappa shape index (κ3) is 4.18. The first-order chi connectivity index (χ1) is 10.3. The molecule has 1 aromatic rings. The van der Waals surface area contributed by atoms with E-state index in [1.165, 1.54) is 0 Å². The van der Waals surface area contributed by atoms with Crippen LogP contribution in [-0.2, 0) is 4.79 Å². The summed E-state index contributed by atoms with van der Waals surface area (Å²) in [7, 11) is 0. The van der Waals surface area contributed by atoms with Crippen molar-refractivity contribution in [3.05, 3.63) is 29.8 Å². The van der Waals surface area contributed by atoms with E-state index in [-0.39, 0.29) is 24.3 Å². The van der Waals surface area contributed by atoms with Crippen LogP contribution in [-0.4, -0.2) is 30.0 Å². The molecule has 0 aliphatic carbocycles. The number of ether oxygens (including phenoxy) is 1. The van der Waals surface area contributed by atoms with Gasteiger partial charge in [-0.05, 0) is 19.3 Å². The lowest BCUT2D eigenvalue weighted by molar-refractivity contribution is -0.144. The molecule has 1 saturated heterocycles. The summed E-state index contributed by atoms with van der Waals surface area (Å²) in [5, 5.41) is 0. The maximum absolute atomic E-state index is 13.2. The van der Waals surface area contributed by atoms with Gasteiger partial charge in [-0.15, -0.1) is 0 Å².